The average Bonchev–Trinajstić information content (AvgIpc) is 2.35. The lowest BCUT2D eigenvalue weighted by Gasteiger charge is -2.08. The first-order valence-electron chi connectivity index (χ1n) is 5.78. The van der Waals surface area contributed by atoms with E-state index in [9.17, 15) is 9.59 Å². The van der Waals surface area contributed by atoms with E-state index in [1.165, 1.54) is 17.3 Å². The third-order valence-electron chi connectivity index (χ3n) is 2.83. The fourth-order valence-corrected chi connectivity index (χ4v) is 1.79. The van der Waals surface area contributed by atoms with Gasteiger partial charge in [0.1, 0.15) is 5.69 Å². The Kier molecular flexibility index (Phi) is 3.32. The molecule has 5 heteroatoms. The lowest BCUT2D eigenvalue weighted by atomic mass is 10.1. The van der Waals surface area contributed by atoms with E-state index in [2.05, 4.69) is 29.1 Å². The molecule has 0 saturated carbocycles. The maximum absolute atomic E-state index is 11.5. The molecule has 0 aliphatic carbocycles. The molecule has 0 fully saturated rings. The van der Waals surface area contributed by atoms with Gasteiger partial charge in [0, 0.05) is 11.9 Å². The van der Waals surface area contributed by atoms with Crippen LogP contribution in [0.5, 0.6) is 0 Å². The van der Waals surface area contributed by atoms with E-state index in [1.54, 1.807) is 0 Å². The van der Waals surface area contributed by atoms with E-state index < -0.39 is 11.2 Å². The van der Waals surface area contributed by atoms with E-state index in [4.69, 9.17) is 0 Å². The van der Waals surface area contributed by atoms with Crippen LogP contribution < -0.4 is 16.6 Å². The Morgan fingerprint density at radius 3 is 2.72 bits per heavy atom. The van der Waals surface area contributed by atoms with Crippen molar-refractivity contribution < 1.29 is 0 Å². The van der Waals surface area contributed by atoms with Gasteiger partial charge in [-0.1, -0.05) is 13.0 Å². The predicted molar refractivity (Wildman–Crippen MR) is 71.5 cm³/mol. The Morgan fingerprint density at radius 1 is 1.28 bits per heavy atom. The van der Waals surface area contributed by atoms with Crippen LogP contribution >= 0.6 is 0 Å². The van der Waals surface area contributed by atoms with Gasteiger partial charge in [-0.05, 0) is 36.6 Å². The number of hydrogen-bond acceptors (Lipinski definition) is 3. The molecule has 0 saturated heterocycles. The van der Waals surface area contributed by atoms with Gasteiger partial charge in [-0.15, -0.1) is 0 Å². The van der Waals surface area contributed by atoms with Crippen molar-refractivity contribution in [2.24, 2.45) is 0 Å². The molecule has 1 aromatic carbocycles. The molecule has 0 aliphatic heterocycles. The van der Waals surface area contributed by atoms with Crippen LogP contribution in [0.15, 0.2) is 34.0 Å². The molecule has 18 heavy (non-hydrogen) atoms. The second-order valence-electron chi connectivity index (χ2n) is 4.11. The fraction of sp³-hybridized carbons (Fsp3) is 0.231. The van der Waals surface area contributed by atoms with E-state index in [0.717, 1.165) is 12.1 Å². The molecule has 2 rings (SSSR count). The van der Waals surface area contributed by atoms with Gasteiger partial charge >= 0.3 is 5.69 Å². The number of aromatic amines is 2. The van der Waals surface area contributed by atoms with Crippen molar-refractivity contribution >= 4 is 11.4 Å². The highest BCUT2D eigenvalue weighted by atomic mass is 16.2. The molecule has 2 aromatic rings. The first-order chi connectivity index (χ1) is 8.60. The van der Waals surface area contributed by atoms with Gasteiger partial charge in [0.2, 0.25) is 0 Å². The highest BCUT2D eigenvalue weighted by Gasteiger charge is 2.02. The molecule has 94 valence electrons. The number of aryl methyl sites for hydroxylation is 2. The average molecular weight is 245 g/mol. The summed E-state index contributed by atoms with van der Waals surface area (Å²) < 4.78 is 0. The molecule has 1 heterocycles. The molecular weight excluding hydrogens is 230 g/mol. The van der Waals surface area contributed by atoms with Crippen LogP contribution in [0.25, 0.3) is 0 Å². The van der Waals surface area contributed by atoms with E-state index >= 15 is 0 Å². The van der Waals surface area contributed by atoms with Crippen LogP contribution in [0.2, 0.25) is 0 Å². The van der Waals surface area contributed by atoms with Crippen LogP contribution in [0, 0.1) is 6.92 Å². The summed E-state index contributed by atoms with van der Waals surface area (Å²) in [7, 11) is 0. The third-order valence-corrected chi connectivity index (χ3v) is 2.83. The van der Waals surface area contributed by atoms with Crippen LogP contribution in [-0.2, 0) is 6.42 Å². The molecule has 0 amide bonds. The summed E-state index contributed by atoms with van der Waals surface area (Å²) in [6.07, 6.45) is 2.30. The minimum absolute atomic E-state index is 0.320. The highest BCUT2D eigenvalue weighted by molar-refractivity contribution is 5.59. The number of benzene rings is 1. The van der Waals surface area contributed by atoms with Gasteiger partial charge in [0.25, 0.3) is 5.56 Å². The highest BCUT2D eigenvalue weighted by Crippen LogP contribution is 2.18. The van der Waals surface area contributed by atoms with Gasteiger partial charge in [-0.25, -0.2) is 4.79 Å². The van der Waals surface area contributed by atoms with E-state index in [1.807, 2.05) is 18.2 Å². The molecule has 0 aliphatic rings. The quantitative estimate of drug-likeness (QED) is 0.769. The first kappa shape index (κ1) is 12.2. The summed E-state index contributed by atoms with van der Waals surface area (Å²) in [6.45, 7) is 4.13. The molecule has 0 spiro atoms. The maximum Gasteiger partial charge on any atom is 0.325 e. The van der Waals surface area contributed by atoms with Gasteiger partial charge in [0.15, 0.2) is 0 Å². The van der Waals surface area contributed by atoms with Gasteiger partial charge in [0.05, 0.1) is 0 Å². The second kappa shape index (κ2) is 4.91. The SMILES string of the molecule is CCc1cc(Nc2c[nH]c(=O)[nH]c2=O)ccc1C. The van der Waals surface area contributed by atoms with Crippen molar-refractivity contribution in [1.29, 1.82) is 0 Å². The van der Waals surface area contributed by atoms with Crippen molar-refractivity contribution in [2.75, 3.05) is 5.32 Å². The Bertz CT molecular complexity index is 670. The number of hydrogen-bond donors (Lipinski definition) is 3. The summed E-state index contributed by atoms with van der Waals surface area (Å²) in [5.41, 5.74) is 2.65. The number of nitrogens with one attached hydrogen (secondary N) is 3. The number of H-pyrrole nitrogens is 2. The molecule has 5 nitrogen and oxygen atoms in total. The topological polar surface area (TPSA) is 77.8 Å². The number of rotatable bonds is 3. The molecule has 0 bridgehead atoms. The molecule has 0 unspecified atom stereocenters. The number of anilines is 2. The van der Waals surface area contributed by atoms with Crippen molar-refractivity contribution in [3.63, 3.8) is 0 Å². The maximum atomic E-state index is 11.5. The zero-order valence-electron chi connectivity index (χ0n) is 10.3. The Labute approximate surface area is 104 Å². The summed E-state index contributed by atoms with van der Waals surface area (Å²) in [5.74, 6) is 0. The molecule has 3 N–H and O–H groups in total. The first-order valence-corrected chi connectivity index (χ1v) is 5.78. The fourth-order valence-electron chi connectivity index (χ4n) is 1.79. The standard InChI is InChI=1S/C13H15N3O2/c1-3-9-6-10(5-4-8(9)2)15-11-7-14-13(18)16-12(11)17/h4-7,15H,3H2,1-2H3,(H2,14,16,17,18). The monoisotopic (exact) mass is 245 g/mol. The van der Waals surface area contributed by atoms with Gasteiger partial charge in [-0.3, -0.25) is 9.78 Å². The Morgan fingerprint density at radius 2 is 2.06 bits per heavy atom. The van der Waals surface area contributed by atoms with E-state index in [0.29, 0.717) is 5.69 Å². The Balaban J connectivity index is 2.34. The summed E-state index contributed by atoms with van der Waals surface area (Å²) in [6, 6.07) is 5.90. The molecule has 1 aromatic heterocycles. The minimum atomic E-state index is -0.510. The smallest absolute Gasteiger partial charge is 0.325 e. The molecule has 0 atom stereocenters. The zero-order chi connectivity index (χ0) is 13.1. The predicted octanol–water partition coefficient (Wildman–Crippen LogP) is 1.68. The largest absolute Gasteiger partial charge is 0.350 e. The summed E-state index contributed by atoms with van der Waals surface area (Å²) >= 11 is 0. The summed E-state index contributed by atoms with van der Waals surface area (Å²) in [4.78, 5) is 27.0. The minimum Gasteiger partial charge on any atom is -0.350 e. The van der Waals surface area contributed by atoms with Crippen LogP contribution in [0.3, 0.4) is 0 Å². The summed E-state index contributed by atoms with van der Waals surface area (Å²) in [5, 5.41) is 2.99. The number of aromatic nitrogens is 2. The van der Waals surface area contributed by atoms with Crippen LogP contribution in [0.4, 0.5) is 11.4 Å². The molecular formula is C13H15N3O2. The Hall–Kier alpha value is -2.30. The lowest BCUT2D eigenvalue weighted by Crippen LogP contribution is -2.23. The lowest BCUT2D eigenvalue weighted by molar-refractivity contribution is 1.04. The third kappa shape index (κ3) is 2.51. The normalized spacial score (nSPS) is 10.3. The van der Waals surface area contributed by atoms with Crippen molar-refractivity contribution in [3.05, 3.63) is 56.4 Å². The van der Waals surface area contributed by atoms with E-state index in [-0.39, 0.29) is 0 Å². The van der Waals surface area contributed by atoms with Crippen LogP contribution in [0.1, 0.15) is 18.1 Å². The van der Waals surface area contributed by atoms with Gasteiger partial charge < -0.3 is 10.3 Å². The van der Waals surface area contributed by atoms with Gasteiger partial charge in [-0.2, -0.15) is 0 Å². The van der Waals surface area contributed by atoms with Crippen molar-refractivity contribution in [3.8, 4) is 0 Å². The zero-order valence-corrected chi connectivity index (χ0v) is 10.3. The van der Waals surface area contributed by atoms with Crippen molar-refractivity contribution in [2.45, 2.75) is 20.3 Å². The van der Waals surface area contributed by atoms with Crippen molar-refractivity contribution in [1.82, 2.24) is 9.97 Å². The van der Waals surface area contributed by atoms with Crippen LogP contribution in [-0.4, -0.2) is 9.97 Å². The second-order valence-corrected chi connectivity index (χ2v) is 4.11. The molecule has 0 radical (unpaired) electrons.